The lowest BCUT2D eigenvalue weighted by Crippen LogP contribution is -2.35. The summed E-state index contributed by atoms with van der Waals surface area (Å²) in [6.45, 7) is 11.6. The van der Waals surface area contributed by atoms with Crippen LogP contribution >= 0.6 is 34.4 Å². The number of ether oxygens (including phenoxy) is 2. The Bertz CT molecular complexity index is 1130. The standard InChI is InChI=1S/C28H37NO6S3/c1-6-21(25-18(11-15-36-25)8-12-34-14-10-24(30)31)37-22(7-2)26-19(16-23(38-26)28(3,4)5)9-13-35-17-20(29)27(32)33/h6-7,16,20H,8-10,12-14,17,29H2,1-5H3,(H,30,31)(H,32,33)/b21-6-,22-7-. The monoisotopic (exact) mass is 579 g/mol. The fourth-order valence-electron chi connectivity index (χ4n) is 3.31. The minimum Gasteiger partial charge on any atom is -0.481 e. The molecule has 0 radical (unpaired) electrons. The van der Waals surface area contributed by atoms with Crippen molar-refractivity contribution in [2.24, 2.45) is 5.73 Å². The first-order chi connectivity index (χ1) is 18.0. The molecule has 10 heteroatoms. The van der Waals surface area contributed by atoms with Gasteiger partial charge < -0.3 is 25.4 Å². The van der Waals surface area contributed by atoms with E-state index in [0.717, 1.165) is 25.8 Å². The van der Waals surface area contributed by atoms with E-state index in [1.54, 1.807) is 23.1 Å². The average molecular weight is 580 g/mol. The first-order valence-electron chi connectivity index (χ1n) is 12.4. The van der Waals surface area contributed by atoms with Crippen molar-refractivity contribution in [2.45, 2.75) is 65.3 Å². The van der Waals surface area contributed by atoms with Crippen LogP contribution in [-0.4, -0.2) is 54.6 Å². The fourth-order valence-corrected chi connectivity index (χ4v) is 6.74. The Morgan fingerprint density at radius 1 is 1.08 bits per heavy atom. The molecule has 0 aliphatic carbocycles. The van der Waals surface area contributed by atoms with E-state index in [4.69, 9.17) is 25.4 Å². The van der Waals surface area contributed by atoms with Crippen molar-refractivity contribution in [3.8, 4) is 0 Å². The molecule has 0 saturated heterocycles. The van der Waals surface area contributed by atoms with Crippen LogP contribution in [0.15, 0.2) is 18.2 Å². The van der Waals surface area contributed by atoms with Gasteiger partial charge in [-0.25, -0.2) is 0 Å². The second kappa shape index (κ2) is 15.5. The first kappa shape index (κ1) is 32.1. The van der Waals surface area contributed by atoms with Gasteiger partial charge in [0.1, 0.15) is 6.04 Å². The van der Waals surface area contributed by atoms with E-state index in [1.807, 2.05) is 13.8 Å². The van der Waals surface area contributed by atoms with Crippen molar-refractivity contribution in [3.05, 3.63) is 55.4 Å². The molecule has 2 aromatic rings. The van der Waals surface area contributed by atoms with E-state index in [2.05, 4.69) is 50.4 Å². The van der Waals surface area contributed by atoms with Crippen LogP contribution in [0.25, 0.3) is 9.81 Å². The Labute approximate surface area is 237 Å². The smallest absolute Gasteiger partial charge is 0.322 e. The Hall–Kier alpha value is -2.13. The summed E-state index contributed by atoms with van der Waals surface area (Å²) in [4.78, 5) is 27.4. The highest BCUT2D eigenvalue weighted by molar-refractivity contribution is 8.16. The van der Waals surface area contributed by atoms with Gasteiger partial charge in [0.25, 0.3) is 0 Å². The molecule has 1 atom stereocenters. The van der Waals surface area contributed by atoms with Gasteiger partial charge in [0, 0.05) is 31.5 Å². The molecule has 0 bridgehead atoms. The van der Waals surface area contributed by atoms with Crippen molar-refractivity contribution in [2.75, 3.05) is 26.4 Å². The Morgan fingerprint density at radius 3 is 2.34 bits per heavy atom. The molecule has 7 nitrogen and oxygen atoms in total. The van der Waals surface area contributed by atoms with Crippen LogP contribution in [0.1, 0.15) is 66.8 Å². The van der Waals surface area contributed by atoms with Gasteiger partial charge in [-0.1, -0.05) is 62.1 Å². The summed E-state index contributed by atoms with van der Waals surface area (Å²) < 4.78 is 11.1. The summed E-state index contributed by atoms with van der Waals surface area (Å²) in [5, 5.41) is 20.9. The van der Waals surface area contributed by atoms with E-state index >= 15 is 0 Å². The maximum absolute atomic E-state index is 11.0. The summed E-state index contributed by atoms with van der Waals surface area (Å²) in [5.74, 6) is -1.94. The molecule has 0 aliphatic heterocycles. The molecule has 0 amide bonds. The van der Waals surface area contributed by atoms with Gasteiger partial charge >= 0.3 is 11.9 Å². The van der Waals surface area contributed by atoms with Crippen molar-refractivity contribution in [1.29, 1.82) is 0 Å². The minimum absolute atomic E-state index is 0.00986. The highest BCUT2D eigenvalue weighted by Gasteiger charge is 2.23. The summed E-state index contributed by atoms with van der Waals surface area (Å²) in [5.41, 5.74) is 7.72. The molecule has 0 aromatic carbocycles. The number of rotatable bonds is 16. The Balaban J connectivity index is 2.18. The largest absolute Gasteiger partial charge is 0.481 e. The molecule has 2 rings (SSSR count). The number of hydrogen-bond donors (Lipinski definition) is 3. The van der Waals surface area contributed by atoms with E-state index in [-0.39, 0.29) is 25.0 Å². The predicted molar refractivity (Wildman–Crippen MR) is 157 cm³/mol. The molecular formula is C28H37NO6S3. The zero-order valence-electron chi connectivity index (χ0n) is 22.6. The lowest BCUT2D eigenvalue weighted by Gasteiger charge is -2.15. The molecular weight excluding hydrogens is 543 g/mol. The number of aliphatic carboxylic acids is 2. The molecule has 0 spiro atoms. The molecule has 0 aliphatic rings. The molecule has 2 heterocycles. The molecule has 208 valence electrons. The molecule has 4 N–H and O–H groups in total. The normalized spacial score (nSPS) is 13.4. The molecule has 0 fully saturated rings. The highest BCUT2D eigenvalue weighted by Crippen LogP contribution is 2.46. The minimum atomic E-state index is -1.07. The predicted octanol–water partition coefficient (Wildman–Crippen LogP) is 5.87. The van der Waals surface area contributed by atoms with Crippen molar-refractivity contribution in [1.82, 2.24) is 0 Å². The van der Waals surface area contributed by atoms with Gasteiger partial charge in [-0.3, -0.25) is 9.59 Å². The van der Waals surface area contributed by atoms with Crippen LogP contribution in [-0.2, 0) is 37.3 Å². The van der Waals surface area contributed by atoms with Crippen molar-refractivity contribution < 1.29 is 29.3 Å². The number of carbonyl (C=O) groups is 2. The summed E-state index contributed by atoms with van der Waals surface area (Å²) in [7, 11) is 0. The maximum Gasteiger partial charge on any atom is 0.322 e. The highest BCUT2D eigenvalue weighted by atomic mass is 32.2. The van der Waals surface area contributed by atoms with Gasteiger partial charge in [0.05, 0.1) is 37.7 Å². The van der Waals surface area contributed by atoms with Crippen LogP contribution in [0.5, 0.6) is 0 Å². The number of hydrogen-bond acceptors (Lipinski definition) is 8. The molecule has 38 heavy (non-hydrogen) atoms. The summed E-state index contributed by atoms with van der Waals surface area (Å²) in [6, 6.07) is 4.39. The van der Waals surface area contributed by atoms with E-state index in [9.17, 15) is 9.59 Å². The molecule has 2 aromatic heterocycles. The third kappa shape index (κ3) is 9.88. The summed E-state index contributed by atoms with van der Waals surface area (Å²) >= 11 is 4.98. The van der Waals surface area contributed by atoms with Crippen LogP contribution in [0.2, 0.25) is 0 Å². The number of thioether (sulfide) groups is 1. The van der Waals surface area contributed by atoms with Gasteiger partial charge in [0.2, 0.25) is 0 Å². The topological polar surface area (TPSA) is 119 Å². The van der Waals surface area contributed by atoms with Crippen LogP contribution in [0, 0.1) is 11.4 Å². The van der Waals surface area contributed by atoms with Gasteiger partial charge in [-0.05, 0) is 42.7 Å². The van der Waals surface area contributed by atoms with Gasteiger partial charge in [-0.2, -0.15) is 0 Å². The van der Waals surface area contributed by atoms with E-state index < -0.39 is 18.0 Å². The third-order valence-electron chi connectivity index (χ3n) is 5.46. The van der Waals surface area contributed by atoms with Crippen LogP contribution in [0.4, 0.5) is 0 Å². The van der Waals surface area contributed by atoms with Gasteiger partial charge in [0.15, 0.2) is 0 Å². The number of thiophene rings is 1. The zero-order chi connectivity index (χ0) is 28.3. The first-order valence-corrected chi connectivity index (χ1v) is 14.8. The van der Waals surface area contributed by atoms with Crippen LogP contribution in [0.3, 0.4) is 0 Å². The SMILES string of the molecule is C/C=C(\S/C(=C\C)c1sc(C(C)(C)C)cc1CCOCC(N)C(=O)O)c1sc#cc1CCOCCC(=O)O. The van der Waals surface area contributed by atoms with Crippen molar-refractivity contribution >= 4 is 56.2 Å². The zero-order valence-corrected chi connectivity index (χ0v) is 25.0. The van der Waals surface area contributed by atoms with Crippen LogP contribution < -0.4 is 5.73 Å². The molecule has 0 saturated carbocycles. The average Bonchev–Trinajstić information content (AvgIpc) is 3.49. The number of nitrogens with two attached hydrogens (primary N) is 1. The fraction of sp³-hybridized carbons (Fsp3) is 0.500. The third-order valence-corrected chi connectivity index (χ3v) is 9.55. The summed E-state index contributed by atoms with van der Waals surface area (Å²) in [6.07, 6.45) is 5.48. The lowest BCUT2D eigenvalue weighted by atomic mass is 9.94. The number of carboxylic acids is 2. The number of carboxylic acid groups (broad SMARTS) is 2. The second-order valence-electron chi connectivity index (χ2n) is 9.54. The maximum atomic E-state index is 11.0. The van der Waals surface area contributed by atoms with Crippen molar-refractivity contribution in [3.63, 3.8) is 0 Å². The Kier molecular flexibility index (Phi) is 13.1. The quantitative estimate of drug-likeness (QED) is 0.211. The molecule has 1 unspecified atom stereocenters. The van der Waals surface area contributed by atoms with E-state index in [0.29, 0.717) is 26.1 Å². The lowest BCUT2D eigenvalue weighted by molar-refractivity contribution is -0.140. The van der Waals surface area contributed by atoms with E-state index in [1.165, 1.54) is 21.1 Å². The van der Waals surface area contributed by atoms with Gasteiger partial charge in [-0.15, -0.1) is 11.3 Å². The Morgan fingerprint density at radius 2 is 1.74 bits per heavy atom. The number of allylic oxidation sites excluding steroid dienone is 2. The second-order valence-corrected chi connectivity index (χ2v) is 12.5.